The van der Waals surface area contributed by atoms with Crippen LogP contribution in [0.25, 0.3) is 0 Å². The van der Waals surface area contributed by atoms with Crippen LogP contribution in [0.3, 0.4) is 0 Å². The topological polar surface area (TPSA) is 101 Å². The lowest BCUT2D eigenvalue weighted by molar-refractivity contribution is -0.117. The van der Waals surface area contributed by atoms with Crippen LogP contribution in [0.2, 0.25) is 0 Å². The first-order chi connectivity index (χ1) is 13.8. The van der Waals surface area contributed by atoms with Crippen molar-refractivity contribution in [3.8, 4) is 5.75 Å². The van der Waals surface area contributed by atoms with Gasteiger partial charge in [0.05, 0.1) is 18.6 Å². The highest BCUT2D eigenvalue weighted by Gasteiger charge is 2.32. The molecule has 0 aliphatic carbocycles. The molecular formula is C18H24N4O4S3. The monoisotopic (exact) mass is 456 g/mol. The highest BCUT2D eigenvalue weighted by molar-refractivity contribution is 8.01. The summed E-state index contributed by atoms with van der Waals surface area (Å²) < 4.78 is 32.2. The van der Waals surface area contributed by atoms with E-state index >= 15 is 0 Å². The number of aromatic nitrogens is 2. The molecule has 1 N–H and O–H groups in total. The van der Waals surface area contributed by atoms with Gasteiger partial charge in [-0.3, -0.25) is 14.4 Å². The maximum absolute atomic E-state index is 12.9. The number of carbonyl (C=O) groups is 1. The Bertz CT molecular complexity index is 929. The second kappa shape index (κ2) is 10.6. The number of nitrogens with zero attached hydrogens (tertiary/aromatic N) is 3. The molecular weight excluding hydrogens is 432 g/mol. The number of benzene rings is 1. The Morgan fingerprint density at radius 2 is 2.03 bits per heavy atom. The van der Waals surface area contributed by atoms with Gasteiger partial charge in [0.15, 0.2) is 4.34 Å². The van der Waals surface area contributed by atoms with Crippen molar-refractivity contribution in [2.75, 3.05) is 28.2 Å². The maximum Gasteiger partial charge on any atom is 0.250 e. The number of sulfonamides is 1. The number of nitrogens with one attached hydrogen (secondary N) is 1. The van der Waals surface area contributed by atoms with Crippen molar-refractivity contribution in [3.05, 3.63) is 36.9 Å². The molecule has 0 bridgehead atoms. The van der Waals surface area contributed by atoms with Crippen LogP contribution in [0, 0.1) is 0 Å². The number of hydrogen-bond acceptors (Lipinski definition) is 8. The summed E-state index contributed by atoms with van der Waals surface area (Å²) in [7, 11) is -3.71. The first-order valence-corrected chi connectivity index (χ1v) is 12.6. The zero-order valence-electron chi connectivity index (χ0n) is 16.5. The van der Waals surface area contributed by atoms with Gasteiger partial charge in [-0.05, 0) is 37.6 Å². The average Bonchev–Trinajstić information content (AvgIpc) is 3.11. The molecule has 0 aliphatic rings. The third-order valence-corrected chi connectivity index (χ3v) is 6.84. The van der Waals surface area contributed by atoms with E-state index in [-0.39, 0.29) is 6.42 Å². The number of ether oxygens (including phenoxy) is 1. The van der Waals surface area contributed by atoms with Crippen LogP contribution in [-0.4, -0.2) is 49.2 Å². The highest BCUT2D eigenvalue weighted by atomic mass is 32.2. The third kappa shape index (κ3) is 6.44. The number of thioether (sulfide) groups is 1. The lowest BCUT2D eigenvalue weighted by Gasteiger charge is -2.29. The van der Waals surface area contributed by atoms with E-state index in [1.165, 1.54) is 23.1 Å². The largest absolute Gasteiger partial charge is 0.494 e. The number of rotatable bonds is 11. The van der Waals surface area contributed by atoms with Gasteiger partial charge in [-0.2, -0.15) is 0 Å². The Hall–Kier alpha value is -2.11. The fourth-order valence-electron chi connectivity index (χ4n) is 2.55. The summed E-state index contributed by atoms with van der Waals surface area (Å²) in [5.74, 6) is 0.837. The van der Waals surface area contributed by atoms with Crippen molar-refractivity contribution in [1.82, 2.24) is 10.2 Å². The fraction of sp³-hybridized carbons (Fsp3) is 0.389. The lowest BCUT2D eigenvalue weighted by Crippen LogP contribution is -2.47. The molecule has 1 aromatic carbocycles. The molecule has 0 unspecified atom stereocenters. The number of anilines is 2. The second-order valence-corrected chi connectivity index (χ2v) is 9.98. The summed E-state index contributed by atoms with van der Waals surface area (Å²) in [4.78, 5) is 12.9. The third-order valence-electron chi connectivity index (χ3n) is 3.69. The zero-order valence-corrected chi connectivity index (χ0v) is 18.9. The minimum atomic E-state index is -3.71. The highest BCUT2D eigenvalue weighted by Crippen LogP contribution is 2.28. The summed E-state index contributed by atoms with van der Waals surface area (Å²) in [5, 5.41) is 10.9. The van der Waals surface area contributed by atoms with Gasteiger partial charge in [0.2, 0.25) is 21.1 Å². The zero-order chi connectivity index (χ0) is 21.4. The van der Waals surface area contributed by atoms with Crippen LogP contribution < -0.4 is 14.4 Å². The Morgan fingerprint density at radius 3 is 2.59 bits per heavy atom. The van der Waals surface area contributed by atoms with Crippen molar-refractivity contribution in [2.24, 2.45) is 0 Å². The first kappa shape index (κ1) is 23.2. The van der Waals surface area contributed by atoms with Gasteiger partial charge in [0.25, 0.3) is 0 Å². The SMILES string of the molecule is C=CCSc1nnc(NC(=O)[C@@H](CC)N(c2ccc(OCC)cc2)S(C)(=O)=O)s1. The smallest absolute Gasteiger partial charge is 0.250 e. The summed E-state index contributed by atoms with van der Waals surface area (Å²) in [6.45, 7) is 7.77. The predicted octanol–water partition coefficient (Wildman–Crippen LogP) is 3.40. The normalized spacial score (nSPS) is 12.2. The molecule has 1 aromatic heterocycles. The molecule has 0 aliphatic heterocycles. The van der Waals surface area contributed by atoms with E-state index in [9.17, 15) is 13.2 Å². The van der Waals surface area contributed by atoms with E-state index in [0.29, 0.717) is 33.3 Å². The van der Waals surface area contributed by atoms with Crippen LogP contribution in [0.4, 0.5) is 10.8 Å². The van der Waals surface area contributed by atoms with Crippen molar-refractivity contribution >= 4 is 49.8 Å². The minimum Gasteiger partial charge on any atom is -0.494 e. The quantitative estimate of drug-likeness (QED) is 0.314. The molecule has 0 saturated carbocycles. The van der Waals surface area contributed by atoms with Crippen molar-refractivity contribution < 1.29 is 17.9 Å². The molecule has 0 saturated heterocycles. The van der Waals surface area contributed by atoms with Crippen LogP contribution in [0.1, 0.15) is 20.3 Å². The van der Waals surface area contributed by atoms with Crippen molar-refractivity contribution in [1.29, 1.82) is 0 Å². The second-order valence-electron chi connectivity index (χ2n) is 5.87. The van der Waals surface area contributed by atoms with Gasteiger partial charge >= 0.3 is 0 Å². The van der Waals surface area contributed by atoms with Gasteiger partial charge in [-0.25, -0.2) is 8.42 Å². The predicted molar refractivity (Wildman–Crippen MR) is 118 cm³/mol. The van der Waals surface area contributed by atoms with Crippen LogP contribution in [0.15, 0.2) is 41.3 Å². The molecule has 29 heavy (non-hydrogen) atoms. The van der Waals surface area contributed by atoms with Gasteiger partial charge in [0.1, 0.15) is 11.8 Å². The molecule has 2 rings (SSSR count). The maximum atomic E-state index is 12.9. The Balaban J connectivity index is 2.24. The summed E-state index contributed by atoms with van der Waals surface area (Å²) in [6, 6.07) is 5.66. The first-order valence-electron chi connectivity index (χ1n) is 8.90. The average molecular weight is 457 g/mol. The standard InChI is InChI=1S/C18H24N4O4S3/c1-5-12-27-18-21-20-17(28-18)19-16(23)15(6-2)22(29(4,24)25)13-8-10-14(11-9-13)26-7-3/h5,8-11,15H,1,6-7,12H2,2-4H3,(H,19,20,23)/t15-/m1/s1. The van der Waals surface area contributed by atoms with E-state index in [1.54, 1.807) is 37.3 Å². The van der Waals surface area contributed by atoms with Crippen molar-refractivity contribution in [3.63, 3.8) is 0 Å². The number of amides is 1. The van der Waals surface area contributed by atoms with Crippen LogP contribution >= 0.6 is 23.1 Å². The van der Waals surface area contributed by atoms with Crippen LogP contribution in [-0.2, 0) is 14.8 Å². The van der Waals surface area contributed by atoms with E-state index < -0.39 is 22.0 Å². The molecule has 0 fully saturated rings. The fourth-order valence-corrected chi connectivity index (χ4v) is 5.28. The molecule has 0 radical (unpaired) electrons. The lowest BCUT2D eigenvalue weighted by atomic mass is 10.2. The van der Waals surface area contributed by atoms with E-state index in [0.717, 1.165) is 10.6 Å². The Labute approximate surface area is 179 Å². The minimum absolute atomic E-state index is 0.281. The molecule has 1 amide bonds. The van der Waals surface area contributed by atoms with E-state index in [1.807, 2.05) is 6.92 Å². The van der Waals surface area contributed by atoms with Gasteiger partial charge in [-0.1, -0.05) is 36.1 Å². The van der Waals surface area contributed by atoms with E-state index in [2.05, 4.69) is 22.1 Å². The Kier molecular flexibility index (Phi) is 8.47. The summed E-state index contributed by atoms with van der Waals surface area (Å²) in [6.07, 6.45) is 3.11. The number of hydrogen-bond donors (Lipinski definition) is 1. The van der Waals surface area contributed by atoms with Gasteiger partial charge < -0.3 is 4.74 Å². The van der Waals surface area contributed by atoms with Gasteiger partial charge in [0, 0.05) is 5.75 Å². The number of carbonyl (C=O) groups excluding carboxylic acids is 1. The molecule has 0 spiro atoms. The van der Waals surface area contributed by atoms with Crippen LogP contribution in [0.5, 0.6) is 5.75 Å². The Morgan fingerprint density at radius 1 is 1.34 bits per heavy atom. The molecule has 1 heterocycles. The molecule has 1 atom stereocenters. The molecule has 158 valence electrons. The van der Waals surface area contributed by atoms with Gasteiger partial charge in [-0.15, -0.1) is 16.8 Å². The molecule has 11 heteroatoms. The summed E-state index contributed by atoms with van der Waals surface area (Å²) >= 11 is 2.68. The molecule has 2 aromatic rings. The summed E-state index contributed by atoms with van der Waals surface area (Å²) in [5.41, 5.74) is 0.387. The van der Waals surface area contributed by atoms with Crippen molar-refractivity contribution in [2.45, 2.75) is 30.6 Å². The molecule has 8 nitrogen and oxygen atoms in total. The van der Waals surface area contributed by atoms with E-state index in [4.69, 9.17) is 4.74 Å².